The number of nitrogens with zero attached hydrogens (tertiary/aromatic N) is 4. The van der Waals surface area contributed by atoms with Crippen LogP contribution in [0.1, 0.15) is 28.9 Å². The van der Waals surface area contributed by atoms with Gasteiger partial charge in [0, 0.05) is 31.5 Å². The summed E-state index contributed by atoms with van der Waals surface area (Å²) in [5, 5.41) is 3.81. The number of para-hydroxylation sites is 1. The maximum absolute atomic E-state index is 12.9. The summed E-state index contributed by atoms with van der Waals surface area (Å²) < 4.78 is 1.89. The van der Waals surface area contributed by atoms with Gasteiger partial charge >= 0.3 is 0 Å². The lowest BCUT2D eigenvalue weighted by atomic mass is 10.2. The number of hydrogen-bond acceptors (Lipinski definition) is 5. The minimum absolute atomic E-state index is 0.142. The van der Waals surface area contributed by atoms with Crippen LogP contribution in [0.4, 0.5) is 5.82 Å². The highest BCUT2D eigenvalue weighted by Crippen LogP contribution is 2.22. The van der Waals surface area contributed by atoms with Gasteiger partial charge in [-0.3, -0.25) is 9.36 Å². The summed E-state index contributed by atoms with van der Waals surface area (Å²) in [6.45, 7) is 2.56. The quantitative estimate of drug-likeness (QED) is 0.649. The predicted molar refractivity (Wildman–Crippen MR) is 112 cm³/mol. The maximum atomic E-state index is 12.9. The molecular weight excluding hydrogens is 370 g/mol. The number of nitrogens with one attached hydrogen (secondary N) is 1. The van der Waals surface area contributed by atoms with E-state index < -0.39 is 0 Å². The molecule has 1 aromatic carbocycles. The first-order chi connectivity index (χ1) is 13.8. The van der Waals surface area contributed by atoms with E-state index in [9.17, 15) is 4.79 Å². The van der Waals surface area contributed by atoms with E-state index in [1.165, 1.54) is 24.6 Å². The minimum atomic E-state index is -0.142. The van der Waals surface area contributed by atoms with E-state index in [2.05, 4.69) is 26.3 Å². The van der Waals surface area contributed by atoms with Crippen LogP contribution >= 0.6 is 11.8 Å². The van der Waals surface area contributed by atoms with Crippen LogP contribution in [0, 0.1) is 0 Å². The highest BCUT2D eigenvalue weighted by molar-refractivity contribution is 7.98. The second-order valence-electron chi connectivity index (χ2n) is 6.70. The largest absolute Gasteiger partial charge is 0.357 e. The molecule has 0 radical (unpaired) electrons. The smallest absolute Gasteiger partial charge is 0.270 e. The van der Waals surface area contributed by atoms with E-state index >= 15 is 0 Å². The van der Waals surface area contributed by atoms with E-state index in [-0.39, 0.29) is 5.91 Å². The molecule has 0 spiro atoms. The molecule has 1 aliphatic heterocycles. The average molecular weight is 394 g/mol. The Balaban J connectivity index is 1.51. The topological polar surface area (TPSA) is 63.1 Å². The van der Waals surface area contributed by atoms with E-state index in [1.807, 2.05) is 53.4 Å². The van der Waals surface area contributed by atoms with Crippen molar-refractivity contribution in [3.63, 3.8) is 0 Å². The number of rotatable bonds is 6. The van der Waals surface area contributed by atoms with Crippen LogP contribution in [-0.2, 0) is 6.54 Å². The maximum Gasteiger partial charge on any atom is 0.270 e. The lowest BCUT2D eigenvalue weighted by molar-refractivity contribution is 0.0943. The van der Waals surface area contributed by atoms with Gasteiger partial charge in [0.15, 0.2) is 5.16 Å². The molecule has 0 saturated carbocycles. The van der Waals surface area contributed by atoms with Crippen LogP contribution in [0.25, 0.3) is 5.69 Å². The number of benzene rings is 1. The highest BCUT2D eigenvalue weighted by atomic mass is 32.2. The standard InChI is InChI=1S/C21H23N5OS/c1-28-21-24-15-18(26(21)17-7-3-2-4-8-17)20(27)23-14-16-9-10-22-19(13-16)25-11-5-6-12-25/h2-4,7-10,13,15H,5-6,11-12,14H2,1H3,(H,23,27). The molecule has 0 unspecified atom stereocenters. The van der Waals surface area contributed by atoms with Gasteiger partial charge in [0.25, 0.3) is 5.91 Å². The van der Waals surface area contributed by atoms with Crippen LogP contribution < -0.4 is 10.2 Å². The zero-order chi connectivity index (χ0) is 19.3. The van der Waals surface area contributed by atoms with Crippen molar-refractivity contribution in [1.29, 1.82) is 0 Å². The van der Waals surface area contributed by atoms with Crippen molar-refractivity contribution in [2.75, 3.05) is 24.2 Å². The van der Waals surface area contributed by atoms with Gasteiger partial charge in [0.05, 0.1) is 6.20 Å². The fourth-order valence-electron chi connectivity index (χ4n) is 3.43. The van der Waals surface area contributed by atoms with Gasteiger partial charge in [-0.25, -0.2) is 9.97 Å². The summed E-state index contributed by atoms with van der Waals surface area (Å²) in [4.78, 5) is 24.0. The number of pyridine rings is 1. The highest BCUT2D eigenvalue weighted by Gasteiger charge is 2.18. The Morgan fingerprint density at radius 1 is 1.14 bits per heavy atom. The summed E-state index contributed by atoms with van der Waals surface area (Å²) >= 11 is 1.52. The number of carbonyl (C=O) groups excluding carboxylic acids is 1. The van der Waals surface area contributed by atoms with Crippen molar-refractivity contribution in [1.82, 2.24) is 19.9 Å². The summed E-state index contributed by atoms with van der Waals surface area (Å²) in [7, 11) is 0. The van der Waals surface area contributed by atoms with Crippen LogP contribution in [0.5, 0.6) is 0 Å². The molecule has 0 bridgehead atoms. The van der Waals surface area contributed by atoms with E-state index in [1.54, 1.807) is 6.20 Å². The summed E-state index contributed by atoms with van der Waals surface area (Å²) in [5.41, 5.74) is 2.50. The number of imidazole rings is 1. The SMILES string of the molecule is CSc1ncc(C(=O)NCc2ccnc(N3CCCC3)c2)n1-c1ccccc1. The Kier molecular flexibility index (Phi) is 5.62. The lowest BCUT2D eigenvalue weighted by Crippen LogP contribution is -2.25. The molecule has 7 heteroatoms. The van der Waals surface area contributed by atoms with Crippen molar-refractivity contribution in [3.05, 3.63) is 66.1 Å². The third kappa shape index (κ3) is 3.89. The number of anilines is 1. The molecule has 4 rings (SSSR count). The zero-order valence-corrected chi connectivity index (χ0v) is 16.7. The monoisotopic (exact) mass is 393 g/mol. The Hall–Kier alpha value is -2.80. The summed E-state index contributed by atoms with van der Waals surface area (Å²) in [6.07, 6.45) is 7.83. The molecule has 1 N–H and O–H groups in total. The van der Waals surface area contributed by atoms with Crippen LogP contribution in [0.3, 0.4) is 0 Å². The molecular formula is C21H23N5OS. The number of hydrogen-bond donors (Lipinski definition) is 1. The van der Waals surface area contributed by atoms with Crippen molar-refractivity contribution in [3.8, 4) is 5.69 Å². The zero-order valence-electron chi connectivity index (χ0n) is 15.8. The Labute approximate surface area is 169 Å². The molecule has 0 aliphatic carbocycles. The van der Waals surface area contributed by atoms with Gasteiger partial charge < -0.3 is 10.2 Å². The van der Waals surface area contributed by atoms with E-state index in [4.69, 9.17) is 0 Å². The van der Waals surface area contributed by atoms with Crippen molar-refractivity contribution < 1.29 is 4.79 Å². The lowest BCUT2D eigenvalue weighted by Gasteiger charge is -2.17. The third-order valence-corrected chi connectivity index (χ3v) is 5.51. The number of carbonyl (C=O) groups is 1. The van der Waals surface area contributed by atoms with Gasteiger partial charge in [0.2, 0.25) is 0 Å². The minimum Gasteiger partial charge on any atom is -0.357 e. The van der Waals surface area contributed by atoms with Gasteiger partial charge in [-0.2, -0.15) is 0 Å². The number of aromatic nitrogens is 3. The molecule has 6 nitrogen and oxygen atoms in total. The van der Waals surface area contributed by atoms with Crippen LogP contribution in [-0.4, -0.2) is 39.8 Å². The van der Waals surface area contributed by atoms with Gasteiger partial charge in [-0.05, 0) is 48.9 Å². The molecule has 1 amide bonds. The second-order valence-corrected chi connectivity index (χ2v) is 7.47. The van der Waals surface area contributed by atoms with E-state index in [0.717, 1.165) is 35.3 Å². The molecule has 1 saturated heterocycles. The van der Waals surface area contributed by atoms with Crippen molar-refractivity contribution in [2.45, 2.75) is 24.5 Å². The Morgan fingerprint density at radius 2 is 1.93 bits per heavy atom. The Bertz CT molecular complexity index is 950. The summed E-state index contributed by atoms with van der Waals surface area (Å²) in [5.74, 6) is 0.847. The molecule has 28 heavy (non-hydrogen) atoms. The molecule has 0 atom stereocenters. The average Bonchev–Trinajstić information content (AvgIpc) is 3.43. The third-order valence-electron chi connectivity index (χ3n) is 4.85. The summed E-state index contributed by atoms with van der Waals surface area (Å²) in [6, 6.07) is 13.8. The molecule has 3 heterocycles. The van der Waals surface area contributed by atoms with Gasteiger partial charge in [0.1, 0.15) is 11.5 Å². The Morgan fingerprint density at radius 3 is 2.68 bits per heavy atom. The fraction of sp³-hybridized carbons (Fsp3) is 0.286. The predicted octanol–water partition coefficient (Wildman–Crippen LogP) is 3.52. The molecule has 3 aromatic rings. The second kappa shape index (κ2) is 8.48. The van der Waals surface area contributed by atoms with Crippen LogP contribution in [0.15, 0.2) is 60.0 Å². The molecule has 1 aliphatic rings. The molecule has 1 fully saturated rings. The van der Waals surface area contributed by atoms with Crippen molar-refractivity contribution >= 4 is 23.5 Å². The normalized spacial score (nSPS) is 13.7. The van der Waals surface area contributed by atoms with Gasteiger partial charge in [-0.1, -0.05) is 30.0 Å². The van der Waals surface area contributed by atoms with Crippen molar-refractivity contribution in [2.24, 2.45) is 0 Å². The first-order valence-corrected chi connectivity index (χ1v) is 10.6. The first kappa shape index (κ1) is 18.6. The fourth-order valence-corrected chi connectivity index (χ4v) is 3.97. The van der Waals surface area contributed by atoms with Gasteiger partial charge in [-0.15, -0.1) is 0 Å². The number of thioether (sulfide) groups is 1. The van der Waals surface area contributed by atoms with E-state index in [0.29, 0.717) is 12.2 Å². The first-order valence-electron chi connectivity index (χ1n) is 9.41. The molecule has 144 valence electrons. The molecule has 2 aromatic heterocycles. The van der Waals surface area contributed by atoms with Crippen LogP contribution in [0.2, 0.25) is 0 Å². The number of amides is 1.